The van der Waals surface area contributed by atoms with Crippen molar-refractivity contribution in [2.45, 2.75) is 12.6 Å². The first-order valence-corrected chi connectivity index (χ1v) is 5.76. The third kappa shape index (κ3) is 3.57. The Morgan fingerprint density at radius 1 is 1.42 bits per heavy atom. The van der Waals surface area contributed by atoms with Gasteiger partial charge in [-0.1, -0.05) is 36.4 Å². The number of carbonyl (C=O) groups is 1. The molecule has 1 aliphatic carbocycles. The maximum absolute atomic E-state index is 10.8. The van der Waals surface area contributed by atoms with Crippen LogP contribution >= 0.6 is 0 Å². The molecule has 0 saturated carbocycles. The van der Waals surface area contributed by atoms with Crippen molar-refractivity contribution >= 4 is 6.03 Å². The van der Waals surface area contributed by atoms with Gasteiger partial charge in [0.2, 0.25) is 0 Å². The van der Waals surface area contributed by atoms with Gasteiger partial charge in [-0.25, -0.2) is 4.79 Å². The van der Waals surface area contributed by atoms with Gasteiger partial charge in [0.25, 0.3) is 0 Å². The highest BCUT2D eigenvalue weighted by atomic mass is 16.6. The molecule has 4 N–H and O–H groups in total. The zero-order valence-electron chi connectivity index (χ0n) is 10.2. The number of nitrogens with zero attached hydrogens (tertiary/aromatic N) is 1. The molecule has 0 spiro atoms. The minimum atomic E-state index is -0.905. The summed E-state index contributed by atoms with van der Waals surface area (Å²) in [5.74, 6) is 0. The summed E-state index contributed by atoms with van der Waals surface area (Å²) < 4.78 is 0. The van der Waals surface area contributed by atoms with Gasteiger partial charge in [-0.15, -0.1) is 0 Å². The van der Waals surface area contributed by atoms with E-state index >= 15 is 0 Å². The van der Waals surface area contributed by atoms with Crippen molar-refractivity contribution in [2.24, 2.45) is 5.73 Å². The highest BCUT2D eigenvalue weighted by Gasteiger charge is 2.19. The number of hydrogen-bond acceptors (Lipinski definition) is 4. The molecule has 0 aromatic heterocycles. The van der Waals surface area contributed by atoms with Crippen molar-refractivity contribution in [3.63, 3.8) is 0 Å². The van der Waals surface area contributed by atoms with Gasteiger partial charge in [-0.2, -0.15) is 5.06 Å². The second kappa shape index (κ2) is 6.03. The van der Waals surface area contributed by atoms with Gasteiger partial charge in [0.1, 0.15) is 6.04 Å². The number of urea groups is 1. The van der Waals surface area contributed by atoms with E-state index in [-0.39, 0.29) is 0 Å². The Balaban J connectivity index is 1.80. The zero-order chi connectivity index (χ0) is 13.7. The number of hydroxylamine groups is 3. The predicted octanol–water partition coefficient (Wildman–Crippen LogP) is 1.30. The van der Waals surface area contributed by atoms with Crippen LogP contribution in [0.25, 0.3) is 0 Å². The first-order chi connectivity index (χ1) is 9.16. The summed E-state index contributed by atoms with van der Waals surface area (Å²) in [5, 5.41) is 9.79. The summed E-state index contributed by atoms with van der Waals surface area (Å²) in [5.41, 5.74) is 9.39. The average molecular weight is 261 g/mol. The van der Waals surface area contributed by atoms with E-state index in [9.17, 15) is 10.0 Å². The van der Waals surface area contributed by atoms with Crippen LogP contribution in [-0.4, -0.2) is 22.3 Å². The van der Waals surface area contributed by atoms with Crippen molar-refractivity contribution < 1.29 is 14.8 Å². The SMILES string of the molecule is NC(=O)N(O)[C@H]1C=CC(NOCc2ccccc2)=C1. The minimum absolute atomic E-state index is 0.412. The lowest BCUT2D eigenvalue weighted by Gasteiger charge is -2.15. The Bertz CT molecular complexity index is 499. The number of benzene rings is 1. The summed E-state index contributed by atoms with van der Waals surface area (Å²) in [6, 6.07) is 8.22. The summed E-state index contributed by atoms with van der Waals surface area (Å²) in [6.45, 7) is 0.412. The van der Waals surface area contributed by atoms with E-state index in [2.05, 4.69) is 5.48 Å². The van der Waals surface area contributed by atoms with E-state index in [1.807, 2.05) is 30.3 Å². The van der Waals surface area contributed by atoms with Crippen LogP contribution in [-0.2, 0) is 11.4 Å². The molecule has 0 unspecified atom stereocenters. The van der Waals surface area contributed by atoms with E-state index in [0.717, 1.165) is 5.56 Å². The molecule has 2 rings (SSSR count). The first kappa shape index (κ1) is 13.1. The second-order valence-electron chi connectivity index (χ2n) is 4.03. The van der Waals surface area contributed by atoms with Crippen LogP contribution < -0.4 is 11.2 Å². The van der Waals surface area contributed by atoms with Crippen molar-refractivity contribution in [1.82, 2.24) is 10.5 Å². The van der Waals surface area contributed by atoms with Crippen LogP contribution in [0.3, 0.4) is 0 Å². The maximum atomic E-state index is 10.8. The highest BCUT2D eigenvalue weighted by molar-refractivity contribution is 5.71. The zero-order valence-corrected chi connectivity index (χ0v) is 10.2. The molecule has 1 aromatic carbocycles. The number of primary amides is 1. The van der Waals surface area contributed by atoms with Gasteiger partial charge in [0.15, 0.2) is 0 Å². The van der Waals surface area contributed by atoms with E-state index < -0.39 is 12.1 Å². The van der Waals surface area contributed by atoms with E-state index in [1.165, 1.54) is 0 Å². The average Bonchev–Trinajstić information content (AvgIpc) is 2.88. The fourth-order valence-corrected chi connectivity index (χ4v) is 1.64. The molecule has 6 heteroatoms. The maximum Gasteiger partial charge on any atom is 0.339 e. The van der Waals surface area contributed by atoms with Crippen LogP contribution in [0.2, 0.25) is 0 Å². The molecule has 0 bridgehead atoms. The molecule has 1 aliphatic rings. The Morgan fingerprint density at radius 3 is 2.84 bits per heavy atom. The number of allylic oxidation sites excluding steroid dienone is 1. The number of nitrogens with one attached hydrogen (secondary N) is 1. The van der Waals surface area contributed by atoms with Gasteiger partial charge in [0.05, 0.1) is 12.3 Å². The van der Waals surface area contributed by atoms with Gasteiger partial charge in [-0.3, -0.25) is 15.5 Å². The van der Waals surface area contributed by atoms with Crippen LogP contribution in [0, 0.1) is 0 Å². The van der Waals surface area contributed by atoms with Gasteiger partial charge < -0.3 is 5.73 Å². The molecule has 100 valence electrons. The normalized spacial score (nSPS) is 17.1. The van der Waals surface area contributed by atoms with Gasteiger partial charge in [-0.05, 0) is 17.7 Å². The third-order valence-corrected chi connectivity index (χ3v) is 2.60. The third-order valence-electron chi connectivity index (χ3n) is 2.60. The lowest BCUT2D eigenvalue weighted by Crippen LogP contribution is -2.38. The fraction of sp³-hybridized carbons (Fsp3) is 0.154. The van der Waals surface area contributed by atoms with Crippen LogP contribution in [0.15, 0.2) is 54.3 Å². The molecule has 0 saturated heterocycles. The Hall–Kier alpha value is -2.31. The van der Waals surface area contributed by atoms with Gasteiger partial charge in [0, 0.05) is 0 Å². The van der Waals surface area contributed by atoms with E-state index in [4.69, 9.17) is 10.6 Å². The lowest BCUT2D eigenvalue weighted by atomic mass is 10.2. The lowest BCUT2D eigenvalue weighted by molar-refractivity contribution is -0.0486. The van der Waals surface area contributed by atoms with Crippen molar-refractivity contribution in [3.8, 4) is 0 Å². The molecule has 0 fully saturated rings. The quantitative estimate of drug-likeness (QED) is 0.550. The largest absolute Gasteiger partial charge is 0.350 e. The molecule has 1 aromatic rings. The molecule has 2 amide bonds. The van der Waals surface area contributed by atoms with Crippen molar-refractivity contribution in [1.29, 1.82) is 0 Å². The Labute approximate surface area is 110 Å². The van der Waals surface area contributed by atoms with Gasteiger partial charge >= 0.3 is 6.03 Å². The molecule has 0 heterocycles. The molecule has 19 heavy (non-hydrogen) atoms. The summed E-state index contributed by atoms with van der Waals surface area (Å²) in [4.78, 5) is 16.1. The minimum Gasteiger partial charge on any atom is -0.350 e. The summed E-state index contributed by atoms with van der Waals surface area (Å²) >= 11 is 0. The highest BCUT2D eigenvalue weighted by Crippen LogP contribution is 2.12. The topological polar surface area (TPSA) is 87.8 Å². The standard InChI is InChI=1S/C13H15N3O3/c14-13(17)16(18)12-7-6-11(8-12)15-19-9-10-4-2-1-3-5-10/h1-8,12,15,18H,9H2,(H2,14,17)/t12-/m0/s1. The van der Waals surface area contributed by atoms with E-state index in [1.54, 1.807) is 18.2 Å². The predicted molar refractivity (Wildman–Crippen MR) is 68.6 cm³/mol. The fourth-order valence-electron chi connectivity index (χ4n) is 1.64. The molecular weight excluding hydrogens is 246 g/mol. The Morgan fingerprint density at radius 2 is 2.16 bits per heavy atom. The molecular formula is C13H15N3O3. The molecule has 0 aliphatic heterocycles. The molecule has 6 nitrogen and oxygen atoms in total. The number of rotatable bonds is 5. The monoisotopic (exact) mass is 261 g/mol. The first-order valence-electron chi connectivity index (χ1n) is 5.76. The molecule has 0 radical (unpaired) electrons. The number of amides is 2. The summed E-state index contributed by atoms with van der Waals surface area (Å²) in [7, 11) is 0. The summed E-state index contributed by atoms with van der Waals surface area (Å²) in [6.07, 6.45) is 4.94. The van der Waals surface area contributed by atoms with Crippen molar-refractivity contribution in [3.05, 3.63) is 59.8 Å². The molecule has 1 atom stereocenters. The number of nitrogens with two attached hydrogens (primary N) is 1. The van der Waals surface area contributed by atoms with Crippen molar-refractivity contribution in [2.75, 3.05) is 0 Å². The number of hydrogen-bond donors (Lipinski definition) is 3. The van der Waals surface area contributed by atoms with E-state index in [0.29, 0.717) is 17.4 Å². The smallest absolute Gasteiger partial charge is 0.339 e. The van der Waals surface area contributed by atoms with Crippen LogP contribution in [0.4, 0.5) is 4.79 Å². The Kier molecular flexibility index (Phi) is 4.17. The number of carbonyl (C=O) groups excluding carboxylic acids is 1. The van der Waals surface area contributed by atoms with Crippen LogP contribution in [0.1, 0.15) is 5.56 Å². The second-order valence-corrected chi connectivity index (χ2v) is 4.03. The van der Waals surface area contributed by atoms with Crippen LogP contribution in [0.5, 0.6) is 0 Å².